The van der Waals surface area contributed by atoms with E-state index >= 15 is 0 Å². The maximum Gasteiger partial charge on any atom is 0.0722 e. The molecule has 0 saturated heterocycles. The van der Waals surface area contributed by atoms with Crippen molar-refractivity contribution >= 4 is 97.2 Å². The molecule has 68 heavy (non-hydrogen) atoms. The molecule has 1 aromatic heterocycles. The second-order valence-corrected chi connectivity index (χ2v) is 19.4. The van der Waals surface area contributed by atoms with E-state index in [-0.39, 0.29) is 0 Å². The fraction of sp³-hybridized carbons (Fsp3) is 0.0303. The van der Waals surface area contributed by atoms with E-state index < -0.39 is 5.41 Å². The molecule has 0 radical (unpaired) electrons. The molecular weight excluding hydrogens is 839 g/mol. The SMILES string of the molecule is C=C/C=C\C1=C(C)c2ccccc2C12c1ccccc1-c1ccc(N(c3ccc(-c4ccc5c(c4)sc4c6ccccc6ccc54)cc3)c3ccc4c5ccccc5c5ccccc5c4c3)cc12. The van der Waals surface area contributed by atoms with E-state index in [1.807, 2.05) is 17.4 Å². The van der Waals surface area contributed by atoms with Crippen molar-refractivity contribution in [1.82, 2.24) is 0 Å². The largest absolute Gasteiger partial charge is 0.310 e. The molecule has 0 fully saturated rings. The third-order valence-electron chi connectivity index (χ3n) is 15.0. The van der Waals surface area contributed by atoms with Gasteiger partial charge in [0.05, 0.1) is 5.41 Å². The Hall–Kier alpha value is -8.30. The number of allylic oxidation sites excluding steroid dienone is 5. The van der Waals surface area contributed by atoms with Gasteiger partial charge in [0, 0.05) is 37.2 Å². The molecule has 2 heteroatoms. The van der Waals surface area contributed by atoms with Crippen LogP contribution in [0, 0.1) is 0 Å². The molecule has 1 unspecified atom stereocenters. The Morgan fingerprint density at radius 1 is 0.426 bits per heavy atom. The number of hydrogen-bond donors (Lipinski definition) is 0. The number of rotatable bonds is 6. The quantitative estimate of drug-likeness (QED) is 0.119. The predicted octanol–water partition coefficient (Wildman–Crippen LogP) is 18.6. The number of anilines is 3. The second-order valence-electron chi connectivity index (χ2n) is 18.4. The summed E-state index contributed by atoms with van der Waals surface area (Å²) in [7, 11) is 0. The van der Waals surface area contributed by atoms with Crippen LogP contribution in [0.25, 0.3) is 91.1 Å². The number of benzene rings is 11. The van der Waals surface area contributed by atoms with E-state index in [1.54, 1.807) is 0 Å². The van der Waals surface area contributed by atoms with Crippen LogP contribution in [0.15, 0.2) is 243 Å². The summed E-state index contributed by atoms with van der Waals surface area (Å²) in [4.78, 5) is 2.47. The molecule has 0 saturated carbocycles. The lowest BCUT2D eigenvalue weighted by molar-refractivity contribution is 0.786. The fourth-order valence-electron chi connectivity index (χ4n) is 12.1. The van der Waals surface area contributed by atoms with Gasteiger partial charge < -0.3 is 4.90 Å². The molecule has 1 atom stereocenters. The average Bonchev–Trinajstić information content (AvgIpc) is 4.01. The van der Waals surface area contributed by atoms with Crippen molar-refractivity contribution in [2.45, 2.75) is 12.3 Å². The Labute approximate surface area is 399 Å². The van der Waals surface area contributed by atoms with E-state index in [0.29, 0.717) is 0 Å². The van der Waals surface area contributed by atoms with Crippen molar-refractivity contribution in [1.29, 1.82) is 0 Å². The summed E-state index contributed by atoms with van der Waals surface area (Å²) in [6.07, 6.45) is 6.30. The highest BCUT2D eigenvalue weighted by molar-refractivity contribution is 7.26. The smallest absolute Gasteiger partial charge is 0.0722 e. The molecule has 0 amide bonds. The first kappa shape index (κ1) is 38.9. The van der Waals surface area contributed by atoms with Gasteiger partial charge in [0.2, 0.25) is 0 Å². The maximum atomic E-state index is 4.10. The van der Waals surface area contributed by atoms with Crippen LogP contribution in [0.4, 0.5) is 17.1 Å². The van der Waals surface area contributed by atoms with E-state index in [2.05, 4.69) is 243 Å². The van der Waals surface area contributed by atoms with Crippen LogP contribution in [-0.2, 0) is 5.41 Å². The van der Waals surface area contributed by atoms with Gasteiger partial charge in [-0.15, -0.1) is 11.3 Å². The summed E-state index contributed by atoms with van der Waals surface area (Å²) in [5.74, 6) is 0. The van der Waals surface area contributed by atoms with Gasteiger partial charge in [-0.2, -0.15) is 0 Å². The van der Waals surface area contributed by atoms with Crippen molar-refractivity contribution in [2.24, 2.45) is 0 Å². The molecule has 1 nitrogen and oxygen atoms in total. The summed E-state index contributed by atoms with van der Waals surface area (Å²) < 4.78 is 2.66. The van der Waals surface area contributed by atoms with Crippen molar-refractivity contribution in [3.8, 4) is 22.3 Å². The molecule has 1 heterocycles. The first-order valence-corrected chi connectivity index (χ1v) is 24.3. The van der Waals surface area contributed by atoms with Gasteiger partial charge in [-0.25, -0.2) is 0 Å². The summed E-state index contributed by atoms with van der Waals surface area (Å²) in [6, 6.07) is 79.6. The summed E-state index contributed by atoms with van der Waals surface area (Å²) in [5, 5.41) is 12.8. The minimum absolute atomic E-state index is 0.492. The van der Waals surface area contributed by atoms with E-state index in [1.165, 1.54) is 119 Å². The minimum Gasteiger partial charge on any atom is -0.310 e. The highest BCUT2D eigenvalue weighted by atomic mass is 32.1. The Kier molecular flexibility index (Phi) is 8.50. The summed E-state index contributed by atoms with van der Waals surface area (Å²) >= 11 is 1.90. The first-order valence-electron chi connectivity index (χ1n) is 23.5. The highest BCUT2D eigenvalue weighted by Gasteiger charge is 2.51. The number of fused-ring (bicyclic) bond motifs is 18. The lowest BCUT2D eigenvalue weighted by Crippen LogP contribution is -2.27. The molecule has 0 N–H and O–H groups in total. The molecule has 12 aromatic rings. The van der Waals surface area contributed by atoms with E-state index in [0.717, 1.165) is 17.1 Å². The van der Waals surface area contributed by atoms with Gasteiger partial charge in [-0.05, 0) is 148 Å². The van der Waals surface area contributed by atoms with Gasteiger partial charge >= 0.3 is 0 Å². The van der Waals surface area contributed by atoms with Crippen LogP contribution >= 0.6 is 11.3 Å². The van der Waals surface area contributed by atoms with Crippen molar-refractivity contribution in [2.75, 3.05) is 4.90 Å². The van der Waals surface area contributed by atoms with Crippen LogP contribution in [0.3, 0.4) is 0 Å². The van der Waals surface area contributed by atoms with Crippen LogP contribution in [0.5, 0.6) is 0 Å². The summed E-state index contributed by atoms with van der Waals surface area (Å²) in [6.45, 7) is 6.39. The van der Waals surface area contributed by atoms with Crippen molar-refractivity contribution in [3.05, 3.63) is 265 Å². The molecule has 14 rings (SSSR count). The van der Waals surface area contributed by atoms with E-state index in [9.17, 15) is 0 Å². The molecule has 318 valence electrons. The Morgan fingerprint density at radius 3 is 1.72 bits per heavy atom. The van der Waals surface area contributed by atoms with E-state index in [4.69, 9.17) is 0 Å². The molecule has 0 bridgehead atoms. The lowest BCUT2D eigenvalue weighted by Gasteiger charge is -2.33. The van der Waals surface area contributed by atoms with Crippen LogP contribution in [-0.4, -0.2) is 0 Å². The molecular formula is C66H43NS. The normalized spacial score (nSPS) is 15.1. The van der Waals surface area contributed by atoms with Crippen molar-refractivity contribution in [3.63, 3.8) is 0 Å². The zero-order chi connectivity index (χ0) is 45.1. The van der Waals surface area contributed by atoms with Crippen molar-refractivity contribution < 1.29 is 0 Å². The molecule has 2 aliphatic rings. The molecule has 1 spiro atoms. The minimum atomic E-state index is -0.492. The molecule has 11 aromatic carbocycles. The predicted molar refractivity (Wildman–Crippen MR) is 293 cm³/mol. The van der Waals surface area contributed by atoms with Gasteiger partial charge in [-0.1, -0.05) is 195 Å². The van der Waals surface area contributed by atoms with Gasteiger partial charge in [0.1, 0.15) is 0 Å². The lowest BCUT2D eigenvalue weighted by atomic mass is 9.69. The third kappa shape index (κ3) is 5.44. The topological polar surface area (TPSA) is 3.24 Å². The standard InChI is InChI=1S/C66H43NS/c1-3-4-23-60-41(2)48-16-11-13-24-61(48)66(60)62-25-14-12-22-55(62)56-37-33-47(40-63(56)66)67(46-32-36-54-52-20-8-7-18-50(52)51-19-9-10-21-53(51)59(54)39-46)45-30-26-42(27-31-45)44-29-34-57-58-35-28-43-15-5-6-17-49(43)65(58)68-64(57)38-44/h3-40H,1H2,2H3/b23-4-. The zero-order valence-electron chi connectivity index (χ0n) is 37.5. The molecule has 0 aliphatic heterocycles. The van der Waals surface area contributed by atoms with Crippen LogP contribution in [0.1, 0.15) is 29.2 Å². The third-order valence-corrected chi connectivity index (χ3v) is 16.2. The van der Waals surface area contributed by atoms with Gasteiger partial charge in [0.25, 0.3) is 0 Å². The van der Waals surface area contributed by atoms with Gasteiger partial charge in [-0.3, -0.25) is 0 Å². The second kappa shape index (κ2) is 14.9. The first-order chi connectivity index (χ1) is 33.6. The maximum absolute atomic E-state index is 4.10. The number of hydrogen-bond acceptors (Lipinski definition) is 2. The zero-order valence-corrected chi connectivity index (χ0v) is 38.3. The van der Waals surface area contributed by atoms with Crippen LogP contribution in [0.2, 0.25) is 0 Å². The Bertz CT molecular complexity index is 4150. The monoisotopic (exact) mass is 881 g/mol. The Morgan fingerprint density at radius 2 is 0.971 bits per heavy atom. The van der Waals surface area contributed by atoms with Gasteiger partial charge in [0.15, 0.2) is 0 Å². The Balaban J connectivity index is 0.978. The fourth-order valence-corrected chi connectivity index (χ4v) is 13.4. The average molecular weight is 882 g/mol. The molecule has 2 aliphatic carbocycles. The number of thiophene rings is 1. The summed E-state index contributed by atoms with van der Waals surface area (Å²) in [5.41, 5.74) is 15.6. The highest BCUT2D eigenvalue weighted by Crippen LogP contribution is 2.63. The number of nitrogens with zero attached hydrogens (tertiary/aromatic N) is 1. The van der Waals surface area contributed by atoms with Crippen LogP contribution < -0.4 is 4.90 Å².